The van der Waals surface area contributed by atoms with E-state index in [1.807, 2.05) is 0 Å². The van der Waals surface area contributed by atoms with Crippen molar-refractivity contribution in [3.05, 3.63) is 46.9 Å². The van der Waals surface area contributed by atoms with Gasteiger partial charge in [-0.3, -0.25) is 0 Å². The lowest BCUT2D eigenvalue weighted by atomic mass is 10.2. The summed E-state index contributed by atoms with van der Waals surface area (Å²) in [5.41, 5.74) is -0.759. The highest BCUT2D eigenvalue weighted by molar-refractivity contribution is 6.29. The Labute approximate surface area is 125 Å². The predicted molar refractivity (Wildman–Crippen MR) is 66.8 cm³/mol. The van der Waals surface area contributed by atoms with Crippen molar-refractivity contribution in [2.24, 2.45) is 0 Å². The summed E-state index contributed by atoms with van der Waals surface area (Å²) >= 11 is 5.47. The third-order valence-electron chi connectivity index (χ3n) is 2.43. The molecule has 0 aliphatic heterocycles. The van der Waals surface area contributed by atoms with Gasteiger partial charge in [-0.25, -0.2) is 9.97 Å². The molecule has 2 aromatic rings. The van der Waals surface area contributed by atoms with Gasteiger partial charge in [-0.15, -0.1) is 0 Å². The Morgan fingerprint density at radius 1 is 0.864 bits per heavy atom. The normalized spacial score (nSPS) is 12.3. The van der Waals surface area contributed by atoms with Crippen LogP contribution in [0.3, 0.4) is 0 Å². The van der Waals surface area contributed by atoms with E-state index >= 15 is 0 Å². The largest absolute Gasteiger partial charge is 0.451 e. The number of hydrogen-bond acceptors (Lipinski definition) is 3. The van der Waals surface area contributed by atoms with Crippen LogP contribution in [0.1, 0.15) is 11.4 Å². The molecule has 0 saturated heterocycles. The second-order valence-electron chi connectivity index (χ2n) is 4.10. The van der Waals surface area contributed by atoms with Crippen molar-refractivity contribution in [3.8, 4) is 0 Å². The smallest absolute Gasteiger partial charge is 0.340 e. The maximum Gasteiger partial charge on any atom is 0.451 e. The Bertz CT molecular complexity index is 666. The quantitative estimate of drug-likeness (QED) is 0.623. The Morgan fingerprint density at radius 3 is 1.95 bits per heavy atom. The molecule has 118 valence electrons. The third kappa shape index (κ3) is 4.00. The summed E-state index contributed by atoms with van der Waals surface area (Å²) < 4.78 is 74.8. The molecule has 0 fully saturated rings. The molecule has 22 heavy (non-hydrogen) atoms. The molecule has 1 N–H and O–H groups in total. The minimum absolute atomic E-state index is 0.121. The Morgan fingerprint density at radius 2 is 1.45 bits per heavy atom. The molecule has 0 aliphatic carbocycles. The van der Waals surface area contributed by atoms with Crippen molar-refractivity contribution in [1.82, 2.24) is 9.97 Å². The summed E-state index contributed by atoms with van der Waals surface area (Å²) in [6, 6.07) is 4.72. The second kappa shape index (κ2) is 5.64. The van der Waals surface area contributed by atoms with Gasteiger partial charge in [0.25, 0.3) is 0 Å². The fraction of sp³-hybridized carbons (Fsp3) is 0.167. The van der Waals surface area contributed by atoms with Crippen LogP contribution in [0.25, 0.3) is 0 Å². The third-order valence-corrected chi connectivity index (χ3v) is 2.63. The monoisotopic (exact) mass is 341 g/mol. The molecule has 0 saturated carbocycles. The standard InChI is InChI=1S/C12H6ClF6N3/c13-8-5-9(22-10(21-8)12(17,18)19)20-7-3-1-6(2-4-7)11(14,15)16/h1-5H,(H,20,21,22). The van der Waals surface area contributed by atoms with Gasteiger partial charge in [-0.05, 0) is 24.3 Å². The van der Waals surface area contributed by atoms with Crippen molar-refractivity contribution in [2.45, 2.75) is 12.4 Å². The topological polar surface area (TPSA) is 37.8 Å². The van der Waals surface area contributed by atoms with Crippen LogP contribution in [0.5, 0.6) is 0 Å². The summed E-state index contributed by atoms with van der Waals surface area (Å²) in [5.74, 6) is -1.73. The van der Waals surface area contributed by atoms with E-state index in [1.54, 1.807) is 0 Å². The average Bonchev–Trinajstić information content (AvgIpc) is 2.36. The van der Waals surface area contributed by atoms with Gasteiger partial charge in [-0.2, -0.15) is 26.3 Å². The number of nitrogens with one attached hydrogen (secondary N) is 1. The minimum Gasteiger partial charge on any atom is -0.340 e. The zero-order valence-corrected chi connectivity index (χ0v) is 11.2. The highest BCUT2D eigenvalue weighted by atomic mass is 35.5. The zero-order chi connectivity index (χ0) is 16.5. The first-order valence-corrected chi connectivity index (χ1v) is 5.99. The summed E-state index contributed by atoms with van der Waals surface area (Å²) in [5, 5.41) is 1.99. The van der Waals surface area contributed by atoms with Crippen LogP contribution in [0, 0.1) is 0 Å². The Balaban J connectivity index is 2.26. The molecule has 0 spiro atoms. The van der Waals surface area contributed by atoms with Gasteiger partial charge < -0.3 is 5.32 Å². The van der Waals surface area contributed by atoms with Crippen LogP contribution >= 0.6 is 11.6 Å². The first-order valence-electron chi connectivity index (χ1n) is 5.62. The molecule has 3 nitrogen and oxygen atoms in total. The average molecular weight is 342 g/mol. The molecule has 0 radical (unpaired) electrons. The maximum atomic E-state index is 12.5. The molecule has 1 aromatic carbocycles. The predicted octanol–water partition coefficient (Wildman–Crippen LogP) is 4.91. The van der Waals surface area contributed by atoms with Gasteiger partial charge in [0.1, 0.15) is 11.0 Å². The highest BCUT2D eigenvalue weighted by Gasteiger charge is 2.35. The Kier molecular flexibility index (Phi) is 4.19. The van der Waals surface area contributed by atoms with E-state index in [4.69, 9.17) is 11.6 Å². The summed E-state index contributed by atoms with van der Waals surface area (Å²) in [6.07, 6.45) is -9.29. The molecule has 0 aliphatic rings. The molecule has 2 rings (SSSR count). The van der Waals surface area contributed by atoms with Crippen molar-refractivity contribution in [3.63, 3.8) is 0 Å². The molecule has 1 aromatic heterocycles. The number of nitrogens with zero attached hydrogens (tertiary/aromatic N) is 2. The molecule has 0 bridgehead atoms. The maximum absolute atomic E-state index is 12.5. The van der Waals surface area contributed by atoms with Gasteiger partial charge in [-0.1, -0.05) is 11.6 Å². The van der Waals surface area contributed by atoms with E-state index in [9.17, 15) is 26.3 Å². The molecular formula is C12H6ClF6N3. The number of hydrogen-bond donors (Lipinski definition) is 1. The zero-order valence-electron chi connectivity index (χ0n) is 10.4. The number of rotatable bonds is 2. The number of anilines is 2. The summed E-state index contributed by atoms with van der Waals surface area (Å²) in [4.78, 5) is 6.25. The fourth-order valence-corrected chi connectivity index (χ4v) is 1.68. The van der Waals surface area contributed by atoms with Gasteiger partial charge in [0.2, 0.25) is 5.82 Å². The number of benzene rings is 1. The first-order chi connectivity index (χ1) is 10.1. The molecule has 0 amide bonds. The first kappa shape index (κ1) is 16.3. The lowest BCUT2D eigenvalue weighted by Gasteiger charge is -2.11. The second-order valence-corrected chi connectivity index (χ2v) is 4.48. The van der Waals surface area contributed by atoms with E-state index in [1.165, 1.54) is 0 Å². The van der Waals surface area contributed by atoms with Crippen LogP contribution in [0.2, 0.25) is 5.15 Å². The van der Waals surface area contributed by atoms with Crippen molar-refractivity contribution >= 4 is 23.1 Å². The lowest BCUT2D eigenvalue weighted by molar-refractivity contribution is -0.144. The van der Waals surface area contributed by atoms with Gasteiger partial charge in [0.15, 0.2) is 0 Å². The summed E-state index contributed by atoms with van der Waals surface area (Å²) in [7, 11) is 0. The summed E-state index contributed by atoms with van der Waals surface area (Å²) in [6.45, 7) is 0. The number of aromatic nitrogens is 2. The van der Waals surface area contributed by atoms with Crippen LogP contribution in [0.4, 0.5) is 37.8 Å². The minimum atomic E-state index is -4.79. The van der Waals surface area contributed by atoms with E-state index in [0.717, 1.165) is 30.3 Å². The molecule has 0 atom stereocenters. The van der Waals surface area contributed by atoms with Crippen LogP contribution in [-0.2, 0) is 12.4 Å². The molecule has 0 unspecified atom stereocenters. The van der Waals surface area contributed by atoms with Crippen LogP contribution in [0.15, 0.2) is 30.3 Å². The SMILES string of the molecule is FC(F)(F)c1ccc(Nc2cc(Cl)nc(C(F)(F)F)n2)cc1. The molecular weight excluding hydrogens is 336 g/mol. The van der Waals surface area contributed by atoms with E-state index < -0.39 is 28.9 Å². The van der Waals surface area contributed by atoms with Crippen LogP contribution < -0.4 is 5.32 Å². The lowest BCUT2D eigenvalue weighted by Crippen LogP contribution is -2.12. The van der Waals surface area contributed by atoms with Gasteiger partial charge in [0, 0.05) is 11.8 Å². The number of halogens is 7. The molecule has 10 heteroatoms. The fourth-order valence-electron chi connectivity index (χ4n) is 1.50. The van der Waals surface area contributed by atoms with E-state index in [0.29, 0.717) is 0 Å². The van der Waals surface area contributed by atoms with Crippen molar-refractivity contribution in [1.29, 1.82) is 0 Å². The van der Waals surface area contributed by atoms with Crippen LogP contribution in [-0.4, -0.2) is 9.97 Å². The van der Waals surface area contributed by atoms with Crippen molar-refractivity contribution < 1.29 is 26.3 Å². The van der Waals surface area contributed by atoms with Gasteiger partial charge in [0.05, 0.1) is 5.56 Å². The Hall–Kier alpha value is -2.03. The van der Waals surface area contributed by atoms with Gasteiger partial charge >= 0.3 is 12.4 Å². The molecule has 1 heterocycles. The van der Waals surface area contributed by atoms with E-state index in [2.05, 4.69) is 15.3 Å². The van der Waals surface area contributed by atoms with Crippen molar-refractivity contribution in [2.75, 3.05) is 5.32 Å². The number of alkyl halides is 6. The van der Waals surface area contributed by atoms with E-state index in [-0.39, 0.29) is 11.5 Å². The highest BCUT2D eigenvalue weighted by Crippen LogP contribution is 2.31.